The summed E-state index contributed by atoms with van der Waals surface area (Å²) in [5.41, 5.74) is 0. The number of hydrogen-bond acceptors (Lipinski definition) is 5. The summed E-state index contributed by atoms with van der Waals surface area (Å²) in [6.45, 7) is 1.59. The van der Waals surface area contributed by atoms with Crippen molar-refractivity contribution in [3.8, 4) is 0 Å². The highest BCUT2D eigenvalue weighted by molar-refractivity contribution is 8.01. The summed E-state index contributed by atoms with van der Waals surface area (Å²) < 4.78 is 156. The third-order valence-corrected chi connectivity index (χ3v) is 4.91. The number of nitrogens with zero attached hydrogens (tertiary/aromatic N) is 2. The topological polar surface area (TPSA) is 54.9 Å². The number of amides is 1. The molecule has 0 aliphatic heterocycles. The van der Waals surface area contributed by atoms with E-state index in [1.807, 2.05) is 0 Å². The predicted molar refractivity (Wildman–Crippen MR) is 75.7 cm³/mol. The maximum atomic E-state index is 13.6. The zero-order chi connectivity index (χ0) is 23.1. The van der Waals surface area contributed by atoms with E-state index in [9.17, 15) is 57.5 Å². The molecule has 4 nitrogen and oxygen atoms in total. The van der Waals surface area contributed by atoms with Gasteiger partial charge in [0.05, 0.1) is 0 Å². The summed E-state index contributed by atoms with van der Waals surface area (Å²) in [4.78, 5) is 11.3. The highest BCUT2D eigenvalue weighted by atomic mass is 32.2. The van der Waals surface area contributed by atoms with Crippen molar-refractivity contribution in [1.82, 2.24) is 10.2 Å². The molecule has 18 heteroatoms. The quantitative estimate of drug-likeness (QED) is 0.301. The SMILES string of the molecule is CCSc1nnc(NC(=O)C(F)(F)C(F)(F)C(F)(F)C(F)(F)C(F)(F)C(F)F)s1. The first-order valence-corrected chi connectivity index (χ1v) is 8.63. The number of carbonyl (C=O) groups is 1. The Morgan fingerprint density at radius 1 is 0.966 bits per heavy atom. The van der Waals surface area contributed by atoms with Crippen LogP contribution in [0.2, 0.25) is 0 Å². The largest absolute Gasteiger partial charge is 0.393 e. The van der Waals surface area contributed by atoms with Crippen molar-refractivity contribution in [3.63, 3.8) is 0 Å². The molecule has 0 aromatic carbocycles. The zero-order valence-corrected chi connectivity index (χ0v) is 15.1. The molecule has 0 unspecified atom stereocenters. The van der Waals surface area contributed by atoms with Crippen molar-refractivity contribution in [1.29, 1.82) is 0 Å². The Labute approximate surface area is 161 Å². The lowest BCUT2D eigenvalue weighted by Gasteiger charge is -2.38. The average Bonchev–Trinajstić information content (AvgIpc) is 3.01. The molecule has 0 saturated carbocycles. The second kappa shape index (κ2) is 7.99. The van der Waals surface area contributed by atoms with Gasteiger partial charge < -0.3 is 0 Å². The molecule has 29 heavy (non-hydrogen) atoms. The van der Waals surface area contributed by atoms with Crippen molar-refractivity contribution in [2.45, 2.75) is 47.3 Å². The summed E-state index contributed by atoms with van der Waals surface area (Å²) in [5.74, 6) is -39.8. The number of anilines is 1. The van der Waals surface area contributed by atoms with Gasteiger partial charge in [-0.3, -0.25) is 10.1 Å². The van der Waals surface area contributed by atoms with Gasteiger partial charge in [0, 0.05) is 0 Å². The third-order valence-electron chi connectivity index (χ3n) is 3.06. The van der Waals surface area contributed by atoms with Crippen molar-refractivity contribution in [3.05, 3.63) is 0 Å². The minimum atomic E-state index is -7.77. The second-order valence-electron chi connectivity index (χ2n) is 4.98. The van der Waals surface area contributed by atoms with E-state index in [-0.39, 0.29) is 4.34 Å². The van der Waals surface area contributed by atoms with Gasteiger partial charge in [0.1, 0.15) is 0 Å². The number of halogens is 12. The minimum absolute atomic E-state index is 0.00585. The Morgan fingerprint density at radius 2 is 1.48 bits per heavy atom. The van der Waals surface area contributed by atoms with Gasteiger partial charge in [-0.2, -0.15) is 43.9 Å². The lowest BCUT2D eigenvalue weighted by atomic mass is 9.94. The Balaban J connectivity index is 3.26. The fraction of sp³-hybridized carbons (Fsp3) is 0.727. The number of carbonyl (C=O) groups excluding carboxylic acids is 1. The molecular formula is C11H7F12N3OS2. The summed E-state index contributed by atoms with van der Waals surface area (Å²) in [6.07, 6.45) is -5.61. The first kappa shape index (κ1) is 25.6. The van der Waals surface area contributed by atoms with E-state index in [0.29, 0.717) is 17.1 Å². The second-order valence-corrected chi connectivity index (χ2v) is 7.47. The van der Waals surface area contributed by atoms with Crippen LogP contribution >= 0.6 is 23.1 Å². The fourth-order valence-electron chi connectivity index (χ4n) is 1.50. The fourth-order valence-corrected chi connectivity index (χ4v) is 3.14. The molecule has 1 aromatic rings. The van der Waals surface area contributed by atoms with E-state index < -0.39 is 47.1 Å². The van der Waals surface area contributed by atoms with Crippen LogP contribution in [0.5, 0.6) is 0 Å². The first-order chi connectivity index (χ1) is 12.9. The van der Waals surface area contributed by atoms with Gasteiger partial charge in [-0.05, 0) is 5.75 Å². The molecule has 1 heterocycles. The number of alkyl halides is 12. The zero-order valence-electron chi connectivity index (χ0n) is 13.4. The molecule has 0 saturated heterocycles. The van der Waals surface area contributed by atoms with Crippen molar-refractivity contribution in [2.75, 3.05) is 11.1 Å². The van der Waals surface area contributed by atoms with E-state index >= 15 is 0 Å². The summed E-state index contributed by atoms with van der Waals surface area (Å²) in [6, 6.07) is 0. The van der Waals surface area contributed by atoms with Crippen LogP contribution in [0.1, 0.15) is 6.92 Å². The van der Waals surface area contributed by atoms with Crippen molar-refractivity contribution in [2.24, 2.45) is 0 Å². The number of thioether (sulfide) groups is 1. The molecule has 168 valence electrons. The molecule has 0 aliphatic rings. The maximum absolute atomic E-state index is 13.6. The van der Waals surface area contributed by atoms with Crippen LogP contribution < -0.4 is 5.32 Å². The van der Waals surface area contributed by atoms with Gasteiger partial charge in [0.15, 0.2) is 4.34 Å². The van der Waals surface area contributed by atoms with Crippen molar-refractivity contribution >= 4 is 34.1 Å². The molecule has 1 aromatic heterocycles. The molecule has 1 N–H and O–H groups in total. The number of nitrogens with one attached hydrogen (secondary N) is 1. The molecule has 0 bridgehead atoms. The van der Waals surface area contributed by atoms with E-state index in [0.717, 1.165) is 17.1 Å². The van der Waals surface area contributed by atoms with Crippen molar-refractivity contribution < 1.29 is 57.5 Å². The Hall–Kier alpha value is -1.46. The molecule has 0 atom stereocenters. The molecule has 1 amide bonds. The van der Waals surface area contributed by atoms with Gasteiger partial charge in [0.2, 0.25) is 5.13 Å². The highest BCUT2D eigenvalue weighted by Gasteiger charge is 2.89. The van der Waals surface area contributed by atoms with Gasteiger partial charge in [0.25, 0.3) is 0 Å². The molecule has 0 radical (unpaired) electrons. The van der Waals surface area contributed by atoms with Gasteiger partial charge in [-0.25, -0.2) is 8.78 Å². The number of rotatable bonds is 9. The van der Waals surface area contributed by atoms with E-state index in [4.69, 9.17) is 0 Å². The van der Waals surface area contributed by atoms with Crippen LogP contribution in [0.3, 0.4) is 0 Å². The van der Waals surface area contributed by atoms with Crippen LogP contribution in [-0.2, 0) is 4.79 Å². The first-order valence-electron chi connectivity index (χ1n) is 6.82. The van der Waals surface area contributed by atoms with Gasteiger partial charge in [-0.15, -0.1) is 10.2 Å². The maximum Gasteiger partial charge on any atom is 0.393 e. The van der Waals surface area contributed by atoms with E-state index in [1.54, 1.807) is 6.92 Å². The summed E-state index contributed by atoms with van der Waals surface area (Å²) >= 11 is 1.24. The van der Waals surface area contributed by atoms with Crippen LogP contribution in [-0.4, -0.2) is 57.9 Å². The molecule has 0 fully saturated rings. The lowest BCUT2D eigenvalue weighted by Crippen LogP contribution is -2.70. The van der Waals surface area contributed by atoms with Gasteiger partial charge >= 0.3 is 41.9 Å². The minimum Gasteiger partial charge on any atom is -0.295 e. The average molecular weight is 489 g/mol. The Kier molecular flexibility index (Phi) is 7.05. The molecule has 0 spiro atoms. The van der Waals surface area contributed by atoms with Crippen LogP contribution in [0.15, 0.2) is 4.34 Å². The van der Waals surface area contributed by atoms with Crippen LogP contribution in [0.4, 0.5) is 57.8 Å². The van der Waals surface area contributed by atoms with Gasteiger partial charge in [-0.1, -0.05) is 30.0 Å². The molecule has 1 rings (SSSR count). The van der Waals surface area contributed by atoms with E-state index in [2.05, 4.69) is 10.2 Å². The van der Waals surface area contributed by atoms with Crippen LogP contribution in [0.25, 0.3) is 0 Å². The van der Waals surface area contributed by atoms with E-state index in [1.165, 1.54) is 0 Å². The van der Waals surface area contributed by atoms with Crippen LogP contribution in [0, 0.1) is 0 Å². The standard InChI is InChI=1S/C11H7F12N3OS2/c1-2-28-6-26-25-5(29-6)24-4(27)8(16,17)10(20,21)11(22,23)9(18,19)7(14,15)3(12)13/h3H,2H2,1H3,(H,24,25,27). The molecule has 0 aliphatic carbocycles. The Bertz CT molecular complexity index is 738. The monoisotopic (exact) mass is 489 g/mol. The summed E-state index contributed by atoms with van der Waals surface area (Å²) in [7, 11) is 0. The molecular weight excluding hydrogens is 482 g/mol. The lowest BCUT2D eigenvalue weighted by molar-refractivity contribution is -0.406. The highest BCUT2D eigenvalue weighted by Crippen LogP contribution is 2.58. The predicted octanol–water partition coefficient (Wildman–Crippen LogP) is 5.03. The normalized spacial score (nSPS) is 14.4. The summed E-state index contributed by atoms with van der Waals surface area (Å²) in [5, 5.41) is 6.27. The smallest absolute Gasteiger partial charge is 0.295 e. The third kappa shape index (κ3) is 4.09. The number of hydrogen-bond donors (Lipinski definition) is 1. The number of aromatic nitrogens is 2. The Morgan fingerprint density at radius 3 is 1.93 bits per heavy atom.